The van der Waals surface area contributed by atoms with Gasteiger partial charge in [0.05, 0.1) is 0 Å². The zero-order valence-corrected chi connectivity index (χ0v) is 8.86. The van der Waals surface area contributed by atoms with E-state index in [1.165, 1.54) is 6.92 Å². The Morgan fingerprint density at radius 1 is 1.00 bits per heavy atom. The topological polar surface area (TPSA) is 46.2 Å². The third kappa shape index (κ3) is 1.93. The number of amides is 1. The van der Waals surface area contributed by atoms with E-state index in [9.17, 15) is 9.59 Å². The first-order valence-corrected chi connectivity index (χ1v) is 4.98. The lowest BCUT2D eigenvalue weighted by Gasteiger charge is -2.06. The smallest absolute Gasteiger partial charge is 0.291 e. The summed E-state index contributed by atoms with van der Waals surface area (Å²) in [5.41, 5.74) is 0.665. The van der Waals surface area contributed by atoms with Gasteiger partial charge in [0, 0.05) is 18.0 Å². The van der Waals surface area contributed by atoms with Crippen molar-refractivity contribution in [2.45, 2.75) is 6.92 Å². The molecule has 16 heavy (non-hydrogen) atoms. The number of benzene rings is 2. The molecule has 0 radical (unpaired) electrons. The van der Waals surface area contributed by atoms with Gasteiger partial charge < -0.3 is 5.32 Å². The molecule has 3 heteroatoms. The lowest BCUT2D eigenvalue weighted by Crippen LogP contribution is -2.19. The fourth-order valence-corrected chi connectivity index (χ4v) is 1.54. The van der Waals surface area contributed by atoms with E-state index in [4.69, 9.17) is 0 Å². The van der Waals surface area contributed by atoms with Crippen molar-refractivity contribution in [2.75, 3.05) is 5.32 Å². The van der Waals surface area contributed by atoms with Crippen LogP contribution in [-0.4, -0.2) is 11.7 Å². The minimum atomic E-state index is -0.587. The fourth-order valence-electron chi connectivity index (χ4n) is 1.54. The number of nitrogens with one attached hydrogen (secondary N) is 1. The molecule has 0 spiro atoms. The Bertz CT molecular complexity index is 555. The van der Waals surface area contributed by atoms with Crippen molar-refractivity contribution in [1.29, 1.82) is 0 Å². The van der Waals surface area contributed by atoms with Gasteiger partial charge in [-0.2, -0.15) is 0 Å². The van der Waals surface area contributed by atoms with Gasteiger partial charge in [-0.25, -0.2) is 0 Å². The van der Waals surface area contributed by atoms with Crippen LogP contribution in [0.25, 0.3) is 10.8 Å². The number of Topliss-reactive ketones (excluding diaryl/α,β-unsaturated/α-hetero) is 1. The van der Waals surface area contributed by atoms with Gasteiger partial charge in [0.1, 0.15) is 0 Å². The third-order valence-electron chi connectivity index (χ3n) is 2.36. The lowest BCUT2D eigenvalue weighted by molar-refractivity contribution is -0.133. The predicted molar refractivity (Wildman–Crippen MR) is 63.3 cm³/mol. The second kappa shape index (κ2) is 4.14. The molecule has 0 saturated heterocycles. The molecule has 0 aliphatic rings. The van der Waals surface area contributed by atoms with Crippen LogP contribution in [0.5, 0.6) is 0 Å². The van der Waals surface area contributed by atoms with Crippen LogP contribution in [0.2, 0.25) is 0 Å². The molecule has 0 unspecified atom stereocenters. The standard InChI is InChI=1S/C13H11NO2/c1-9(15)13(16)14-12-8-4-6-10-5-2-3-7-11(10)12/h2-8H,1H3,(H,14,16). The zero-order valence-electron chi connectivity index (χ0n) is 8.86. The van der Waals surface area contributed by atoms with Crippen LogP contribution < -0.4 is 5.32 Å². The van der Waals surface area contributed by atoms with Crippen molar-refractivity contribution in [3.05, 3.63) is 42.5 Å². The molecule has 3 nitrogen and oxygen atoms in total. The quantitative estimate of drug-likeness (QED) is 0.778. The van der Waals surface area contributed by atoms with E-state index < -0.39 is 11.7 Å². The highest BCUT2D eigenvalue weighted by Gasteiger charge is 2.08. The Morgan fingerprint density at radius 2 is 1.69 bits per heavy atom. The van der Waals surface area contributed by atoms with Crippen LogP contribution in [0.1, 0.15) is 6.92 Å². The molecule has 0 bridgehead atoms. The number of anilines is 1. The number of carbonyl (C=O) groups is 2. The van der Waals surface area contributed by atoms with Crippen LogP contribution in [0.4, 0.5) is 5.69 Å². The average molecular weight is 213 g/mol. The lowest BCUT2D eigenvalue weighted by atomic mass is 10.1. The summed E-state index contributed by atoms with van der Waals surface area (Å²) in [4.78, 5) is 22.2. The van der Waals surface area contributed by atoms with Crippen LogP contribution in [0, 0.1) is 0 Å². The SMILES string of the molecule is CC(=O)C(=O)Nc1cccc2ccccc12. The molecular formula is C13H11NO2. The second-order valence-corrected chi connectivity index (χ2v) is 3.54. The molecule has 0 heterocycles. The highest BCUT2D eigenvalue weighted by Crippen LogP contribution is 2.22. The Morgan fingerprint density at radius 3 is 2.44 bits per heavy atom. The minimum absolute atomic E-state index is 0.493. The summed E-state index contributed by atoms with van der Waals surface area (Å²) in [5, 5.41) is 4.56. The molecule has 0 fully saturated rings. The average Bonchev–Trinajstić information content (AvgIpc) is 2.29. The second-order valence-electron chi connectivity index (χ2n) is 3.54. The highest BCUT2D eigenvalue weighted by atomic mass is 16.2. The van der Waals surface area contributed by atoms with E-state index in [1.807, 2.05) is 36.4 Å². The maximum atomic E-state index is 11.3. The number of carbonyl (C=O) groups excluding carboxylic acids is 2. The van der Waals surface area contributed by atoms with Crippen LogP contribution in [-0.2, 0) is 9.59 Å². The van der Waals surface area contributed by atoms with E-state index in [2.05, 4.69) is 5.32 Å². The minimum Gasteiger partial charge on any atom is -0.319 e. The summed E-state index contributed by atoms with van der Waals surface area (Å²) in [7, 11) is 0. The number of rotatable bonds is 2. The third-order valence-corrected chi connectivity index (χ3v) is 2.36. The molecular weight excluding hydrogens is 202 g/mol. The van der Waals surface area contributed by atoms with Gasteiger partial charge in [0.2, 0.25) is 5.78 Å². The monoisotopic (exact) mass is 213 g/mol. The van der Waals surface area contributed by atoms with E-state index in [1.54, 1.807) is 6.07 Å². The molecule has 80 valence electrons. The maximum absolute atomic E-state index is 11.3. The molecule has 0 aliphatic carbocycles. The Labute approximate surface area is 93.1 Å². The summed E-state index contributed by atoms with van der Waals surface area (Å²) in [6.45, 7) is 1.25. The van der Waals surface area contributed by atoms with Crippen LogP contribution in [0.15, 0.2) is 42.5 Å². The first kappa shape index (κ1) is 10.4. The van der Waals surface area contributed by atoms with E-state index >= 15 is 0 Å². The Hall–Kier alpha value is -2.16. The number of hydrogen-bond acceptors (Lipinski definition) is 2. The van der Waals surface area contributed by atoms with Crippen LogP contribution in [0.3, 0.4) is 0 Å². The summed E-state index contributed by atoms with van der Waals surface area (Å²) in [5.74, 6) is -1.08. The summed E-state index contributed by atoms with van der Waals surface area (Å²) >= 11 is 0. The highest BCUT2D eigenvalue weighted by molar-refractivity contribution is 6.40. The molecule has 0 atom stereocenters. The van der Waals surface area contributed by atoms with Gasteiger partial charge >= 0.3 is 0 Å². The molecule has 0 aromatic heterocycles. The summed E-state index contributed by atoms with van der Waals surface area (Å²) in [6.07, 6.45) is 0. The summed E-state index contributed by atoms with van der Waals surface area (Å²) < 4.78 is 0. The van der Waals surface area contributed by atoms with Gasteiger partial charge in [-0.15, -0.1) is 0 Å². The van der Waals surface area contributed by atoms with Crippen LogP contribution >= 0.6 is 0 Å². The Balaban J connectivity index is 2.45. The van der Waals surface area contributed by atoms with E-state index in [-0.39, 0.29) is 0 Å². The van der Waals surface area contributed by atoms with Gasteiger partial charge in [0.15, 0.2) is 0 Å². The molecule has 1 amide bonds. The fraction of sp³-hybridized carbons (Fsp3) is 0.0769. The predicted octanol–water partition coefficient (Wildman–Crippen LogP) is 2.37. The first-order valence-electron chi connectivity index (χ1n) is 4.98. The first-order chi connectivity index (χ1) is 7.68. The van der Waals surface area contributed by atoms with E-state index in [0.29, 0.717) is 5.69 Å². The van der Waals surface area contributed by atoms with Crippen molar-refractivity contribution < 1.29 is 9.59 Å². The van der Waals surface area contributed by atoms with Gasteiger partial charge in [-0.05, 0) is 11.5 Å². The van der Waals surface area contributed by atoms with Crippen molar-refractivity contribution in [1.82, 2.24) is 0 Å². The molecule has 0 saturated carbocycles. The number of ketones is 1. The largest absolute Gasteiger partial charge is 0.319 e. The van der Waals surface area contributed by atoms with Crippen molar-refractivity contribution >= 4 is 28.2 Å². The normalized spacial score (nSPS) is 10.1. The van der Waals surface area contributed by atoms with E-state index in [0.717, 1.165) is 10.8 Å². The van der Waals surface area contributed by atoms with Crippen molar-refractivity contribution in [3.63, 3.8) is 0 Å². The maximum Gasteiger partial charge on any atom is 0.291 e. The van der Waals surface area contributed by atoms with Gasteiger partial charge in [0.25, 0.3) is 5.91 Å². The van der Waals surface area contributed by atoms with Gasteiger partial charge in [-0.3, -0.25) is 9.59 Å². The molecule has 2 aromatic carbocycles. The number of fused-ring (bicyclic) bond motifs is 1. The molecule has 2 rings (SSSR count). The Kier molecular flexibility index (Phi) is 2.68. The van der Waals surface area contributed by atoms with Crippen molar-refractivity contribution in [2.24, 2.45) is 0 Å². The molecule has 1 N–H and O–H groups in total. The van der Waals surface area contributed by atoms with Crippen molar-refractivity contribution in [3.8, 4) is 0 Å². The zero-order chi connectivity index (χ0) is 11.5. The summed E-state index contributed by atoms with van der Waals surface area (Å²) in [6, 6.07) is 13.3. The molecule has 0 aliphatic heterocycles. The molecule has 2 aromatic rings. The number of hydrogen-bond donors (Lipinski definition) is 1. The van der Waals surface area contributed by atoms with Gasteiger partial charge in [-0.1, -0.05) is 36.4 Å².